The van der Waals surface area contributed by atoms with Crippen molar-refractivity contribution in [2.75, 3.05) is 11.9 Å². The zero-order valence-corrected chi connectivity index (χ0v) is 12.9. The number of benzene rings is 2. The molecule has 0 spiro atoms. The van der Waals surface area contributed by atoms with E-state index < -0.39 is 6.10 Å². The van der Waals surface area contributed by atoms with Crippen molar-refractivity contribution >= 4 is 17.5 Å². The zero-order valence-electron chi connectivity index (χ0n) is 12.9. The maximum Gasteiger partial charge on any atom is 0.266 e. The first kappa shape index (κ1) is 16.0. The summed E-state index contributed by atoms with van der Waals surface area (Å²) in [6, 6.07) is 13.3. The van der Waals surface area contributed by atoms with E-state index in [1.54, 1.807) is 36.4 Å². The molecule has 1 atom stereocenters. The largest absolute Gasteiger partial charge is 0.478 e. The number of carbonyl (C=O) groups is 2. The Morgan fingerprint density at radius 2 is 2.04 bits per heavy atom. The van der Waals surface area contributed by atoms with E-state index in [0.717, 1.165) is 5.56 Å². The van der Waals surface area contributed by atoms with Gasteiger partial charge < -0.3 is 15.4 Å². The average Bonchev–Trinajstić information content (AvgIpc) is 2.55. The van der Waals surface area contributed by atoms with Gasteiger partial charge in [-0.2, -0.15) is 0 Å². The summed E-state index contributed by atoms with van der Waals surface area (Å²) in [4.78, 5) is 23.9. The van der Waals surface area contributed by atoms with Gasteiger partial charge >= 0.3 is 0 Å². The fourth-order valence-electron chi connectivity index (χ4n) is 2.51. The highest BCUT2D eigenvalue weighted by molar-refractivity contribution is 5.99. The molecule has 124 valence electrons. The normalized spacial score (nSPS) is 15.9. The molecule has 0 bridgehead atoms. The van der Waals surface area contributed by atoms with Gasteiger partial charge in [-0.25, -0.2) is 4.39 Å². The number of halogens is 1. The topological polar surface area (TPSA) is 67.4 Å². The van der Waals surface area contributed by atoms with Gasteiger partial charge in [0.1, 0.15) is 11.6 Å². The molecule has 2 N–H and O–H groups in total. The highest BCUT2D eigenvalue weighted by Crippen LogP contribution is 2.29. The van der Waals surface area contributed by atoms with Gasteiger partial charge in [-0.15, -0.1) is 0 Å². The predicted molar refractivity (Wildman–Crippen MR) is 87.2 cm³/mol. The standard InChI is InChI=1S/C18H17FN2O3/c19-13-5-3-4-12(10-13)8-9-20-17(22)11-16-18(23)21-14-6-1-2-7-15(14)24-16/h1-7,10,16H,8-9,11H2,(H,20,22)(H,21,23). The number of anilines is 1. The van der Waals surface area contributed by atoms with Crippen LogP contribution in [0.4, 0.5) is 10.1 Å². The summed E-state index contributed by atoms with van der Waals surface area (Å²) in [6.45, 7) is 0.368. The van der Waals surface area contributed by atoms with Gasteiger partial charge in [0.15, 0.2) is 6.10 Å². The van der Waals surface area contributed by atoms with Crippen LogP contribution in [0.3, 0.4) is 0 Å². The molecule has 2 amide bonds. The van der Waals surface area contributed by atoms with Crippen LogP contribution in [-0.4, -0.2) is 24.5 Å². The molecular weight excluding hydrogens is 311 g/mol. The second-order valence-corrected chi connectivity index (χ2v) is 5.53. The minimum atomic E-state index is -0.853. The number of rotatable bonds is 5. The molecule has 0 aromatic heterocycles. The summed E-state index contributed by atoms with van der Waals surface area (Å²) in [5.74, 6) is -0.376. The van der Waals surface area contributed by atoms with Gasteiger partial charge in [0.05, 0.1) is 12.1 Å². The quantitative estimate of drug-likeness (QED) is 0.885. The fraction of sp³-hybridized carbons (Fsp3) is 0.222. The summed E-state index contributed by atoms with van der Waals surface area (Å²) < 4.78 is 18.7. The fourth-order valence-corrected chi connectivity index (χ4v) is 2.51. The Balaban J connectivity index is 1.49. The van der Waals surface area contributed by atoms with E-state index in [2.05, 4.69) is 10.6 Å². The molecule has 24 heavy (non-hydrogen) atoms. The van der Waals surface area contributed by atoms with Gasteiger partial charge in [-0.05, 0) is 36.2 Å². The van der Waals surface area contributed by atoms with Crippen LogP contribution in [0.15, 0.2) is 48.5 Å². The molecule has 2 aromatic rings. The highest BCUT2D eigenvalue weighted by Gasteiger charge is 2.29. The number of para-hydroxylation sites is 2. The lowest BCUT2D eigenvalue weighted by Gasteiger charge is -2.25. The molecule has 5 nitrogen and oxygen atoms in total. The van der Waals surface area contributed by atoms with Crippen molar-refractivity contribution < 1.29 is 18.7 Å². The molecule has 0 aliphatic carbocycles. The van der Waals surface area contributed by atoms with Crippen molar-refractivity contribution in [2.24, 2.45) is 0 Å². The van der Waals surface area contributed by atoms with Crippen LogP contribution in [0.25, 0.3) is 0 Å². The van der Waals surface area contributed by atoms with Crippen molar-refractivity contribution in [3.8, 4) is 5.75 Å². The smallest absolute Gasteiger partial charge is 0.266 e. The van der Waals surface area contributed by atoms with Gasteiger partial charge in [0, 0.05) is 6.54 Å². The molecule has 3 rings (SSSR count). The van der Waals surface area contributed by atoms with Crippen molar-refractivity contribution in [3.63, 3.8) is 0 Å². The minimum absolute atomic E-state index is 0.0662. The van der Waals surface area contributed by atoms with Crippen LogP contribution in [-0.2, 0) is 16.0 Å². The lowest BCUT2D eigenvalue weighted by atomic mass is 10.1. The molecule has 0 radical (unpaired) electrons. The number of fused-ring (bicyclic) bond motifs is 1. The second kappa shape index (κ2) is 7.12. The third-order valence-corrected chi connectivity index (χ3v) is 3.70. The first-order chi connectivity index (χ1) is 11.6. The monoisotopic (exact) mass is 328 g/mol. The molecule has 1 aliphatic heterocycles. The molecule has 1 unspecified atom stereocenters. The number of ether oxygens (including phenoxy) is 1. The van der Waals surface area contributed by atoms with E-state index in [0.29, 0.717) is 24.4 Å². The van der Waals surface area contributed by atoms with E-state index in [1.165, 1.54) is 12.1 Å². The van der Waals surface area contributed by atoms with Crippen LogP contribution in [0.2, 0.25) is 0 Å². The first-order valence-electron chi connectivity index (χ1n) is 7.69. The molecule has 2 aromatic carbocycles. The van der Waals surface area contributed by atoms with Crippen molar-refractivity contribution in [3.05, 3.63) is 59.9 Å². The lowest BCUT2D eigenvalue weighted by Crippen LogP contribution is -2.41. The second-order valence-electron chi connectivity index (χ2n) is 5.53. The van der Waals surface area contributed by atoms with Gasteiger partial charge in [-0.1, -0.05) is 24.3 Å². The molecule has 1 aliphatic rings. The minimum Gasteiger partial charge on any atom is -0.478 e. The van der Waals surface area contributed by atoms with Gasteiger partial charge in [0.2, 0.25) is 5.91 Å². The number of hydrogen-bond donors (Lipinski definition) is 2. The van der Waals surface area contributed by atoms with E-state index in [-0.39, 0.29) is 24.1 Å². The maximum atomic E-state index is 13.1. The Hall–Kier alpha value is -2.89. The average molecular weight is 328 g/mol. The Morgan fingerprint density at radius 3 is 2.88 bits per heavy atom. The number of nitrogens with one attached hydrogen (secondary N) is 2. The lowest BCUT2D eigenvalue weighted by molar-refractivity contribution is -0.130. The van der Waals surface area contributed by atoms with Crippen LogP contribution >= 0.6 is 0 Å². The van der Waals surface area contributed by atoms with Crippen molar-refractivity contribution in [2.45, 2.75) is 18.9 Å². The third kappa shape index (κ3) is 3.90. The van der Waals surface area contributed by atoms with Crippen LogP contribution < -0.4 is 15.4 Å². The summed E-state index contributed by atoms with van der Waals surface area (Å²) in [7, 11) is 0. The molecule has 1 heterocycles. The Kier molecular flexibility index (Phi) is 4.74. The van der Waals surface area contributed by atoms with Crippen LogP contribution in [0.1, 0.15) is 12.0 Å². The molecule has 6 heteroatoms. The highest BCUT2D eigenvalue weighted by atomic mass is 19.1. The van der Waals surface area contributed by atoms with Crippen LogP contribution in [0, 0.1) is 5.82 Å². The molecular formula is C18H17FN2O3. The van der Waals surface area contributed by atoms with Crippen LogP contribution in [0.5, 0.6) is 5.75 Å². The SMILES string of the molecule is O=C(CC1Oc2ccccc2NC1=O)NCCc1cccc(F)c1. The Morgan fingerprint density at radius 1 is 1.21 bits per heavy atom. The van der Waals surface area contributed by atoms with Gasteiger partial charge in [-0.3, -0.25) is 9.59 Å². The number of carbonyl (C=O) groups excluding carboxylic acids is 2. The predicted octanol–water partition coefficient (Wildman–Crippen LogP) is 2.27. The molecule has 0 saturated heterocycles. The summed E-state index contributed by atoms with van der Waals surface area (Å²) in [5, 5.41) is 5.44. The van der Waals surface area contributed by atoms with E-state index in [4.69, 9.17) is 4.74 Å². The first-order valence-corrected chi connectivity index (χ1v) is 7.69. The number of hydrogen-bond acceptors (Lipinski definition) is 3. The Bertz CT molecular complexity index is 763. The zero-order chi connectivity index (χ0) is 16.9. The van der Waals surface area contributed by atoms with Crippen molar-refractivity contribution in [1.29, 1.82) is 0 Å². The van der Waals surface area contributed by atoms with E-state index in [1.807, 2.05) is 0 Å². The summed E-state index contributed by atoms with van der Waals surface area (Å²) in [6.07, 6.45) is -0.401. The van der Waals surface area contributed by atoms with Gasteiger partial charge in [0.25, 0.3) is 5.91 Å². The molecule has 0 saturated carbocycles. The summed E-state index contributed by atoms with van der Waals surface area (Å²) in [5.41, 5.74) is 1.40. The third-order valence-electron chi connectivity index (χ3n) is 3.70. The summed E-state index contributed by atoms with van der Waals surface area (Å²) >= 11 is 0. The van der Waals surface area contributed by atoms with E-state index >= 15 is 0 Å². The maximum absolute atomic E-state index is 13.1. The molecule has 0 fully saturated rings. The van der Waals surface area contributed by atoms with E-state index in [9.17, 15) is 14.0 Å². The Labute approximate surface area is 138 Å². The number of amides is 2. The van der Waals surface area contributed by atoms with Crippen molar-refractivity contribution in [1.82, 2.24) is 5.32 Å².